The molecule has 0 spiro atoms. The van der Waals surface area contributed by atoms with Gasteiger partial charge in [0.2, 0.25) is 0 Å². The van der Waals surface area contributed by atoms with Crippen molar-refractivity contribution in [3.05, 3.63) is 103 Å². The van der Waals surface area contributed by atoms with Crippen LogP contribution in [-0.2, 0) is 0 Å². The first-order valence-electron chi connectivity index (χ1n) is 9.80. The van der Waals surface area contributed by atoms with E-state index in [0.717, 1.165) is 0 Å². The first-order valence-corrected chi connectivity index (χ1v) is 17.3. The molecule has 0 amide bonds. The van der Waals surface area contributed by atoms with Gasteiger partial charge in [-0.2, -0.15) is 0 Å². The van der Waals surface area contributed by atoms with Crippen LogP contribution in [0.3, 0.4) is 0 Å². The third-order valence-corrected chi connectivity index (χ3v) is 9.67. The van der Waals surface area contributed by atoms with E-state index in [0.29, 0.717) is 0 Å². The molecule has 0 aliphatic heterocycles. The molecule has 32 heavy (non-hydrogen) atoms. The maximum atomic E-state index is 9.87. The van der Waals surface area contributed by atoms with Crippen LogP contribution in [0.4, 0.5) is 25.2 Å². The van der Waals surface area contributed by atoms with Crippen LogP contribution in [0.1, 0.15) is 0 Å². The van der Waals surface area contributed by atoms with Gasteiger partial charge in [-0.05, 0) is 36.4 Å². The van der Waals surface area contributed by atoms with Crippen LogP contribution in [0.2, 0.25) is 19.6 Å². The Balaban J connectivity index is 0.000000451. The van der Waals surface area contributed by atoms with Gasteiger partial charge >= 0.3 is 33.0 Å². The van der Waals surface area contributed by atoms with Gasteiger partial charge in [-0.1, -0.05) is 79.9 Å². The summed E-state index contributed by atoms with van der Waals surface area (Å²) in [5, 5.41) is 4.26. The first-order chi connectivity index (χ1) is 14.5. The minimum atomic E-state index is -10.7. The summed E-state index contributed by atoms with van der Waals surface area (Å²) in [6.45, 7) is 7.21. The van der Waals surface area contributed by atoms with E-state index < -0.39 is 23.1 Å². The number of rotatable bonds is 5. The Morgan fingerprint density at radius 2 is 0.812 bits per heavy atom. The zero-order valence-corrected chi connectivity index (χ0v) is 20.8. The average molecular weight is 506 g/mol. The van der Waals surface area contributed by atoms with Crippen molar-refractivity contribution in [1.29, 1.82) is 0 Å². The van der Waals surface area contributed by atoms with E-state index in [4.69, 9.17) is 0 Å². The van der Waals surface area contributed by atoms with E-state index in [-0.39, 0.29) is 0 Å². The molecule has 0 radical (unpaired) electrons. The van der Waals surface area contributed by atoms with E-state index in [1.165, 1.54) is 15.9 Å². The maximum absolute atomic E-state index is 10.7. The molecule has 0 nitrogen and oxygen atoms in total. The standard InChI is InChI=1S/C23H26PSi.F6P/c1-25(2,3)20-19-24(21-13-7-4-8-14-21,22-15-9-5-10-16-22)23-17-11-6-12-18-23;1-7(2,3,4,5)6/h4-20H,1-3H3;/q+1;-1/b20-19+;. The van der Waals surface area contributed by atoms with Crippen molar-refractivity contribution in [3.63, 3.8) is 0 Å². The summed E-state index contributed by atoms with van der Waals surface area (Å²) < 4.78 is 59.2. The summed E-state index contributed by atoms with van der Waals surface area (Å²) in [4.78, 5) is 0. The zero-order valence-electron chi connectivity index (χ0n) is 18.0. The van der Waals surface area contributed by atoms with Crippen LogP contribution in [-0.4, -0.2) is 8.07 Å². The second-order valence-electron chi connectivity index (χ2n) is 8.37. The number of hydrogen-bond donors (Lipinski definition) is 0. The molecule has 0 fully saturated rings. The molecule has 9 heteroatoms. The van der Waals surface area contributed by atoms with Gasteiger partial charge in [0, 0.05) is 0 Å². The summed E-state index contributed by atoms with van der Waals surface area (Å²) in [5.74, 6) is 2.55. The molecule has 0 heterocycles. The number of hydrogen-bond acceptors (Lipinski definition) is 0. The van der Waals surface area contributed by atoms with Crippen LogP contribution in [0.5, 0.6) is 0 Å². The fourth-order valence-corrected chi connectivity index (χ4v) is 9.05. The molecular formula is C23H26F6P2Si. The third kappa shape index (κ3) is 9.28. The molecule has 0 aliphatic rings. The fraction of sp³-hybridized carbons (Fsp3) is 0.130. The van der Waals surface area contributed by atoms with Crippen molar-refractivity contribution in [2.75, 3.05) is 0 Å². The molecule has 0 aromatic heterocycles. The predicted octanol–water partition coefficient (Wildman–Crippen LogP) is 8.75. The van der Waals surface area contributed by atoms with Gasteiger partial charge in [0.15, 0.2) is 0 Å². The van der Waals surface area contributed by atoms with Gasteiger partial charge in [-0.15, -0.1) is 0 Å². The van der Waals surface area contributed by atoms with Gasteiger partial charge < -0.3 is 0 Å². The van der Waals surface area contributed by atoms with E-state index >= 15 is 0 Å². The first kappa shape index (κ1) is 26.3. The molecule has 0 aliphatic carbocycles. The summed E-state index contributed by atoms with van der Waals surface area (Å²) in [6, 6.07) is 33.1. The normalized spacial score (nSPS) is 14.8. The summed E-state index contributed by atoms with van der Waals surface area (Å²) >= 11 is 0. The van der Waals surface area contributed by atoms with Gasteiger partial charge in [0.05, 0.1) is 13.9 Å². The predicted molar refractivity (Wildman–Crippen MR) is 131 cm³/mol. The molecule has 0 saturated carbocycles. The van der Waals surface area contributed by atoms with Gasteiger partial charge in [-0.3, -0.25) is 0 Å². The van der Waals surface area contributed by atoms with E-state index in [9.17, 15) is 25.2 Å². The van der Waals surface area contributed by atoms with Gasteiger partial charge in [-0.25, -0.2) is 0 Å². The number of halogens is 6. The molecular weight excluding hydrogens is 480 g/mol. The Kier molecular flexibility index (Phi) is 7.21. The quantitative estimate of drug-likeness (QED) is 0.184. The minimum absolute atomic E-state index is 1.32. The Morgan fingerprint density at radius 3 is 1.03 bits per heavy atom. The van der Waals surface area contributed by atoms with Crippen LogP contribution >= 0.6 is 15.1 Å². The molecule has 174 valence electrons. The molecule has 0 N–H and O–H groups in total. The van der Waals surface area contributed by atoms with Crippen molar-refractivity contribution in [3.8, 4) is 0 Å². The molecule has 3 rings (SSSR count). The van der Waals surface area contributed by atoms with Crippen LogP contribution < -0.4 is 15.9 Å². The van der Waals surface area contributed by atoms with Crippen molar-refractivity contribution in [1.82, 2.24) is 0 Å². The van der Waals surface area contributed by atoms with E-state index in [1.807, 2.05) is 0 Å². The van der Waals surface area contributed by atoms with Crippen LogP contribution in [0.25, 0.3) is 0 Å². The monoisotopic (exact) mass is 506 g/mol. The Labute approximate surface area is 186 Å². The van der Waals surface area contributed by atoms with Gasteiger partial charge in [0.25, 0.3) is 0 Å². The van der Waals surface area contributed by atoms with Crippen molar-refractivity contribution in [2.45, 2.75) is 19.6 Å². The SMILES string of the molecule is C[Si](C)(C)/C=C/[P+](c1ccccc1)(c1ccccc1)c1ccccc1.F[P-](F)(F)(F)(F)F. The average Bonchev–Trinajstić information content (AvgIpc) is 2.68. The third-order valence-electron chi connectivity index (χ3n) is 4.29. The zero-order chi connectivity index (χ0) is 24.2. The second-order valence-corrected chi connectivity index (χ2v) is 18.6. The molecule has 0 atom stereocenters. The van der Waals surface area contributed by atoms with Crippen molar-refractivity contribution < 1.29 is 25.2 Å². The summed E-state index contributed by atoms with van der Waals surface area (Å²) in [6.07, 6.45) is 0. The fourth-order valence-electron chi connectivity index (χ4n) is 3.03. The molecule has 0 bridgehead atoms. The Hall–Kier alpha value is -1.94. The van der Waals surface area contributed by atoms with Crippen LogP contribution in [0, 0.1) is 0 Å². The van der Waals surface area contributed by atoms with Crippen LogP contribution in [0.15, 0.2) is 103 Å². The molecule has 0 saturated heterocycles. The summed E-state index contributed by atoms with van der Waals surface area (Å²) in [7, 11) is -13.8. The van der Waals surface area contributed by atoms with Gasteiger partial charge in [0.1, 0.15) is 23.2 Å². The Bertz CT molecular complexity index is 923. The molecule has 3 aromatic rings. The number of benzene rings is 3. The van der Waals surface area contributed by atoms with E-state index in [1.54, 1.807) is 0 Å². The van der Waals surface area contributed by atoms with Crippen molar-refractivity contribution >= 4 is 39.1 Å². The topological polar surface area (TPSA) is 0 Å². The summed E-state index contributed by atoms with van der Waals surface area (Å²) in [5.41, 5.74) is 2.52. The van der Waals surface area contributed by atoms with E-state index in [2.05, 4.69) is 122 Å². The Morgan fingerprint density at radius 1 is 0.562 bits per heavy atom. The second kappa shape index (κ2) is 8.77. The molecule has 3 aromatic carbocycles. The van der Waals surface area contributed by atoms with Crippen molar-refractivity contribution in [2.24, 2.45) is 0 Å². The molecule has 0 unspecified atom stereocenters.